The third-order valence-electron chi connectivity index (χ3n) is 3.97. The number of carbonyl (C=O) groups is 1. The van der Waals surface area contributed by atoms with Crippen LogP contribution in [0.3, 0.4) is 0 Å². The van der Waals surface area contributed by atoms with Gasteiger partial charge < -0.3 is 9.53 Å². The van der Waals surface area contributed by atoms with E-state index in [0.717, 1.165) is 18.9 Å². The topological polar surface area (TPSA) is 26.3 Å². The van der Waals surface area contributed by atoms with Crippen molar-refractivity contribution in [1.82, 2.24) is 0 Å². The van der Waals surface area contributed by atoms with Crippen molar-refractivity contribution in [2.75, 3.05) is 6.61 Å². The largest absolute Gasteiger partial charge is 0.378 e. The quantitative estimate of drug-likeness (QED) is 0.659. The van der Waals surface area contributed by atoms with Crippen LogP contribution in [0, 0.1) is 17.8 Å². The van der Waals surface area contributed by atoms with Crippen LogP contribution in [-0.4, -0.2) is 18.5 Å². The van der Waals surface area contributed by atoms with Crippen LogP contribution < -0.4 is 0 Å². The summed E-state index contributed by atoms with van der Waals surface area (Å²) in [5.74, 6) is 2.48. The van der Waals surface area contributed by atoms with Gasteiger partial charge in [0.15, 0.2) is 0 Å². The zero-order chi connectivity index (χ0) is 12.8. The molecule has 0 amide bonds. The van der Waals surface area contributed by atoms with E-state index in [1.165, 1.54) is 19.3 Å². The van der Waals surface area contributed by atoms with E-state index in [2.05, 4.69) is 20.8 Å². The van der Waals surface area contributed by atoms with E-state index >= 15 is 0 Å². The first kappa shape index (κ1) is 14.7. The molecule has 1 saturated carbocycles. The van der Waals surface area contributed by atoms with Crippen LogP contribution >= 0.6 is 0 Å². The number of Topliss-reactive ketones (excluding diaryl/α,β-unsaturated/α-hetero) is 1. The summed E-state index contributed by atoms with van der Waals surface area (Å²) in [6.07, 6.45) is 5.81. The van der Waals surface area contributed by atoms with Crippen molar-refractivity contribution < 1.29 is 9.53 Å². The van der Waals surface area contributed by atoms with Gasteiger partial charge in [0.1, 0.15) is 5.78 Å². The maximum Gasteiger partial charge on any atom is 0.129 e. The molecule has 100 valence electrons. The second-order valence-electron chi connectivity index (χ2n) is 6.04. The highest BCUT2D eigenvalue weighted by Gasteiger charge is 2.31. The molecular formula is C15H28O2. The maximum absolute atomic E-state index is 10.9. The van der Waals surface area contributed by atoms with Crippen LogP contribution in [0.25, 0.3) is 0 Å². The molecule has 0 N–H and O–H groups in total. The van der Waals surface area contributed by atoms with Crippen LogP contribution in [0.15, 0.2) is 0 Å². The average molecular weight is 240 g/mol. The Labute approximate surface area is 106 Å². The van der Waals surface area contributed by atoms with E-state index in [9.17, 15) is 4.79 Å². The number of ketones is 1. The molecule has 17 heavy (non-hydrogen) atoms. The molecule has 2 nitrogen and oxygen atoms in total. The van der Waals surface area contributed by atoms with E-state index in [1.54, 1.807) is 6.92 Å². The number of rotatable bonds is 6. The smallest absolute Gasteiger partial charge is 0.129 e. The monoisotopic (exact) mass is 240 g/mol. The van der Waals surface area contributed by atoms with Crippen molar-refractivity contribution in [3.63, 3.8) is 0 Å². The van der Waals surface area contributed by atoms with Gasteiger partial charge in [-0.15, -0.1) is 0 Å². The standard InChI is InChI=1S/C15H28O2/c1-11(2)14-8-7-12(3)10-15(14)17-9-5-6-13(4)16/h11-12,14-15H,5-10H2,1-4H3. The van der Waals surface area contributed by atoms with Gasteiger partial charge >= 0.3 is 0 Å². The summed E-state index contributed by atoms with van der Waals surface area (Å²) in [6.45, 7) is 9.32. The molecule has 3 unspecified atom stereocenters. The molecule has 0 aromatic rings. The lowest BCUT2D eigenvalue weighted by molar-refractivity contribution is -0.117. The van der Waals surface area contributed by atoms with E-state index < -0.39 is 0 Å². The molecule has 0 saturated heterocycles. The normalized spacial score (nSPS) is 29.6. The number of hydrogen-bond donors (Lipinski definition) is 0. The van der Waals surface area contributed by atoms with Crippen LogP contribution in [0.5, 0.6) is 0 Å². The highest BCUT2D eigenvalue weighted by molar-refractivity contribution is 5.75. The van der Waals surface area contributed by atoms with Crippen molar-refractivity contribution in [3.8, 4) is 0 Å². The lowest BCUT2D eigenvalue weighted by atomic mass is 9.75. The molecular weight excluding hydrogens is 212 g/mol. The van der Waals surface area contributed by atoms with Gasteiger partial charge in [-0.05, 0) is 43.9 Å². The summed E-state index contributed by atoms with van der Waals surface area (Å²) >= 11 is 0. The maximum atomic E-state index is 10.9. The van der Waals surface area contributed by atoms with Gasteiger partial charge in [0.2, 0.25) is 0 Å². The van der Waals surface area contributed by atoms with Gasteiger partial charge in [0.05, 0.1) is 6.10 Å². The van der Waals surface area contributed by atoms with E-state index in [1.807, 2.05) is 0 Å². The third kappa shape index (κ3) is 5.20. The molecule has 0 heterocycles. The SMILES string of the molecule is CC(=O)CCCOC1CC(C)CCC1C(C)C. The summed E-state index contributed by atoms with van der Waals surface area (Å²) in [5.41, 5.74) is 0. The minimum absolute atomic E-state index is 0.269. The predicted octanol–water partition coefficient (Wildman–Crippen LogP) is 3.83. The fourth-order valence-corrected chi connectivity index (χ4v) is 2.86. The van der Waals surface area contributed by atoms with E-state index in [-0.39, 0.29) is 5.78 Å². The van der Waals surface area contributed by atoms with Crippen LogP contribution in [0.4, 0.5) is 0 Å². The molecule has 2 heteroatoms. The first-order chi connectivity index (χ1) is 8.00. The van der Waals surface area contributed by atoms with Gasteiger partial charge in [-0.1, -0.05) is 27.2 Å². The fraction of sp³-hybridized carbons (Fsp3) is 0.933. The van der Waals surface area contributed by atoms with Crippen molar-refractivity contribution in [2.45, 2.75) is 65.9 Å². The van der Waals surface area contributed by atoms with Crippen LogP contribution in [0.2, 0.25) is 0 Å². The fourth-order valence-electron chi connectivity index (χ4n) is 2.86. The van der Waals surface area contributed by atoms with Gasteiger partial charge in [-0.2, -0.15) is 0 Å². The summed E-state index contributed by atoms with van der Waals surface area (Å²) < 4.78 is 6.03. The van der Waals surface area contributed by atoms with Crippen molar-refractivity contribution in [2.24, 2.45) is 17.8 Å². The Morgan fingerprint density at radius 2 is 2.06 bits per heavy atom. The zero-order valence-corrected chi connectivity index (χ0v) is 11.9. The first-order valence-corrected chi connectivity index (χ1v) is 7.11. The van der Waals surface area contributed by atoms with Crippen molar-refractivity contribution >= 4 is 5.78 Å². The molecule has 0 aromatic heterocycles. The number of ether oxygens (including phenoxy) is 1. The van der Waals surface area contributed by atoms with E-state index in [4.69, 9.17) is 4.74 Å². The Morgan fingerprint density at radius 3 is 2.65 bits per heavy atom. The Morgan fingerprint density at radius 1 is 1.35 bits per heavy atom. The van der Waals surface area contributed by atoms with Gasteiger partial charge in [0.25, 0.3) is 0 Å². The minimum atomic E-state index is 0.269. The Balaban J connectivity index is 2.33. The summed E-state index contributed by atoms with van der Waals surface area (Å²) in [4.78, 5) is 10.9. The second kappa shape index (κ2) is 7.15. The Hall–Kier alpha value is -0.370. The molecule has 1 fully saturated rings. The average Bonchev–Trinajstić information content (AvgIpc) is 2.23. The number of carbonyl (C=O) groups excluding carboxylic acids is 1. The van der Waals surface area contributed by atoms with Crippen molar-refractivity contribution in [3.05, 3.63) is 0 Å². The van der Waals surface area contributed by atoms with Gasteiger partial charge in [-0.3, -0.25) is 0 Å². The molecule has 1 aliphatic rings. The van der Waals surface area contributed by atoms with Crippen molar-refractivity contribution in [1.29, 1.82) is 0 Å². The predicted molar refractivity (Wildman–Crippen MR) is 71.0 cm³/mol. The minimum Gasteiger partial charge on any atom is -0.378 e. The highest BCUT2D eigenvalue weighted by Crippen LogP contribution is 2.35. The lowest BCUT2D eigenvalue weighted by Gasteiger charge is -2.37. The summed E-state index contributed by atoms with van der Waals surface area (Å²) in [5, 5.41) is 0. The highest BCUT2D eigenvalue weighted by atomic mass is 16.5. The second-order valence-corrected chi connectivity index (χ2v) is 6.04. The molecule has 0 bridgehead atoms. The molecule has 0 radical (unpaired) electrons. The molecule has 1 rings (SSSR count). The molecule has 1 aliphatic carbocycles. The zero-order valence-electron chi connectivity index (χ0n) is 11.9. The molecule has 0 aromatic carbocycles. The Bertz CT molecular complexity index is 235. The number of hydrogen-bond acceptors (Lipinski definition) is 2. The molecule has 0 aliphatic heterocycles. The van der Waals surface area contributed by atoms with Gasteiger partial charge in [0, 0.05) is 13.0 Å². The molecule has 0 spiro atoms. The molecule has 3 atom stereocenters. The van der Waals surface area contributed by atoms with E-state index in [0.29, 0.717) is 24.4 Å². The summed E-state index contributed by atoms with van der Waals surface area (Å²) in [6, 6.07) is 0. The van der Waals surface area contributed by atoms with Crippen LogP contribution in [-0.2, 0) is 9.53 Å². The lowest BCUT2D eigenvalue weighted by Crippen LogP contribution is -2.34. The van der Waals surface area contributed by atoms with Crippen LogP contribution in [0.1, 0.15) is 59.8 Å². The Kier molecular flexibility index (Phi) is 6.18. The summed E-state index contributed by atoms with van der Waals surface area (Å²) in [7, 11) is 0. The first-order valence-electron chi connectivity index (χ1n) is 7.11. The third-order valence-corrected chi connectivity index (χ3v) is 3.97. The van der Waals surface area contributed by atoms with Gasteiger partial charge in [-0.25, -0.2) is 0 Å².